The van der Waals surface area contributed by atoms with Gasteiger partial charge in [-0.25, -0.2) is 4.39 Å². The highest BCUT2D eigenvalue weighted by Gasteiger charge is 2.30. The summed E-state index contributed by atoms with van der Waals surface area (Å²) < 4.78 is 12.9. The number of carbonyl (C=O) groups is 2. The summed E-state index contributed by atoms with van der Waals surface area (Å²) in [5.41, 5.74) is 2.47. The topological polar surface area (TPSA) is 58.2 Å². The van der Waals surface area contributed by atoms with Gasteiger partial charge in [-0.05, 0) is 68.5 Å². The Hall–Kier alpha value is -2.69. The van der Waals surface area contributed by atoms with E-state index in [4.69, 9.17) is 0 Å². The number of hydrogen-bond donors (Lipinski definition) is 2. The molecule has 26 heavy (non-hydrogen) atoms. The average Bonchev–Trinajstić information content (AvgIpc) is 2.65. The Balaban J connectivity index is 1.50. The molecule has 5 heteroatoms. The van der Waals surface area contributed by atoms with E-state index in [1.54, 1.807) is 12.1 Å². The maximum Gasteiger partial charge on any atom is 0.227 e. The molecule has 0 aliphatic heterocycles. The van der Waals surface area contributed by atoms with Gasteiger partial charge >= 0.3 is 0 Å². The minimum Gasteiger partial charge on any atom is -0.326 e. The van der Waals surface area contributed by atoms with Gasteiger partial charge in [-0.3, -0.25) is 9.59 Å². The van der Waals surface area contributed by atoms with Crippen molar-refractivity contribution in [1.82, 2.24) is 0 Å². The molecule has 0 saturated heterocycles. The number of amides is 2. The second-order valence-electron chi connectivity index (χ2n) is 6.85. The van der Waals surface area contributed by atoms with Crippen LogP contribution >= 0.6 is 0 Å². The molecule has 0 radical (unpaired) electrons. The molecule has 2 amide bonds. The maximum absolute atomic E-state index is 12.9. The van der Waals surface area contributed by atoms with Crippen molar-refractivity contribution >= 4 is 23.2 Å². The number of carbonyl (C=O) groups excluding carboxylic acids is 2. The molecule has 1 saturated carbocycles. The van der Waals surface area contributed by atoms with E-state index >= 15 is 0 Å². The van der Waals surface area contributed by atoms with E-state index in [-0.39, 0.29) is 29.5 Å². The van der Waals surface area contributed by atoms with Gasteiger partial charge in [0, 0.05) is 23.2 Å². The number of benzene rings is 2. The van der Waals surface area contributed by atoms with E-state index in [0.717, 1.165) is 11.3 Å². The zero-order valence-electron chi connectivity index (χ0n) is 14.8. The van der Waals surface area contributed by atoms with Crippen LogP contribution in [0, 0.1) is 24.6 Å². The molecular weight excluding hydrogens is 331 g/mol. The summed E-state index contributed by atoms with van der Waals surface area (Å²) >= 11 is 0. The molecule has 0 unspecified atom stereocenters. The molecule has 2 aromatic rings. The largest absolute Gasteiger partial charge is 0.326 e. The van der Waals surface area contributed by atoms with Crippen molar-refractivity contribution in [2.75, 3.05) is 10.6 Å². The second kappa shape index (κ2) is 8.13. The number of nitrogens with one attached hydrogen (secondary N) is 2. The lowest BCUT2D eigenvalue weighted by Gasteiger charge is -2.27. The Morgan fingerprint density at radius 1 is 0.846 bits per heavy atom. The minimum atomic E-state index is -0.330. The average molecular weight is 354 g/mol. The number of rotatable bonds is 4. The normalized spacial score (nSPS) is 19.6. The molecule has 136 valence electrons. The summed E-state index contributed by atoms with van der Waals surface area (Å²) in [5.74, 6) is -0.540. The smallest absolute Gasteiger partial charge is 0.227 e. The van der Waals surface area contributed by atoms with E-state index in [2.05, 4.69) is 10.6 Å². The van der Waals surface area contributed by atoms with Gasteiger partial charge in [0.15, 0.2) is 0 Å². The first kappa shape index (κ1) is 18.1. The lowest BCUT2D eigenvalue weighted by atomic mass is 9.81. The number of para-hydroxylation sites is 1. The summed E-state index contributed by atoms with van der Waals surface area (Å²) in [5, 5.41) is 5.82. The zero-order valence-corrected chi connectivity index (χ0v) is 14.8. The molecular formula is C21H23FN2O2. The van der Waals surface area contributed by atoms with Crippen LogP contribution in [-0.2, 0) is 9.59 Å². The molecule has 0 bridgehead atoms. The highest BCUT2D eigenvalue weighted by Crippen LogP contribution is 2.31. The maximum atomic E-state index is 12.9. The van der Waals surface area contributed by atoms with Crippen molar-refractivity contribution in [3.05, 3.63) is 59.9 Å². The lowest BCUT2D eigenvalue weighted by Crippen LogP contribution is -2.32. The summed E-state index contributed by atoms with van der Waals surface area (Å²) in [6.07, 6.45) is 2.75. The van der Waals surface area contributed by atoms with Crippen LogP contribution in [0.5, 0.6) is 0 Å². The molecule has 1 aliphatic rings. The summed E-state index contributed by atoms with van der Waals surface area (Å²) in [4.78, 5) is 24.8. The van der Waals surface area contributed by atoms with Crippen LogP contribution in [0.3, 0.4) is 0 Å². The number of aryl methyl sites for hydroxylation is 1. The Bertz CT molecular complexity index is 781. The van der Waals surface area contributed by atoms with Crippen LogP contribution in [0.25, 0.3) is 0 Å². The third-order valence-electron chi connectivity index (χ3n) is 4.98. The van der Waals surface area contributed by atoms with E-state index in [0.29, 0.717) is 31.4 Å². The monoisotopic (exact) mass is 354 g/mol. The van der Waals surface area contributed by atoms with E-state index < -0.39 is 0 Å². The van der Waals surface area contributed by atoms with Gasteiger partial charge in [-0.1, -0.05) is 18.2 Å². The number of anilines is 2. The van der Waals surface area contributed by atoms with Crippen LogP contribution in [0.1, 0.15) is 31.2 Å². The molecule has 1 fully saturated rings. The minimum absolute atomic E-state index is 0.0247. The summed E-state index contributed by atoms with van der Waals surface area (Å²) in [7, 11) is 0. The molecule has 3 rings (SSSR count). The quantitative estimate of drug-likeness (QED) is 0.848. The van der Waals surface area contributed by atoms with Crippen molar-refractivity contribution in [2.45, 2.75) is 32.6 Å². The van der Waals surface area contributed by atoms with Gasteiger partial charge in [0.1, 0.15) is 5.82 Å². The van der Waals surface area contributed by atoms with Gasteiger partial charge in [0.2, 0.25) is 11.8 Å². The first-order valence-corrected chi connectivity index (χ1v) is 8.96. The predicted molar refractivity (Wildman–Crippen MR) is 100 cm³/mol. The van der Waals surface area contributed by atoms with Gasteiger partial charge in [-0.15, -0.1) is 0 Å². The highest BCUT2D eigenvalue weighted by atomic mass is 19.1. The van der Waals surface area contributed by atoms with Gasteiger partial charge in [-0.2, -0.15) is 0 Å². The number of halogens is 1. The van der Waals surface area contributed by atoms with Gasteiger partial charge in [0.25, 0.3) is 0 Å². The first-order valence-electron chi connectivity index (χ1n) is 8.96. The third-order valence-corrected chi connectivity index (χ3v) is 4.98. The molecule has 4 nitrogen and oxygen atoms in total. The van der Waals surface area contributed by atoms with Crippen LogP contribution in [0.4, 0.5) is 15.8 Å². The number of hydrogen-bond acceptors (Lipinski definition) is 2. The van der Waals surface area contributed by atoms with Gasteiger partial charge < -0.3 is 10.6 Å². The first-order chi connectivity index (χ1) is 12.5. The second-order valence-corrected chi connectivity index (χ2v) is 6.85. The molecule has 1 aliphatic carbocycles. The van der Waals surface area contributed by atoms with E-state index in [1.807, 2.05) is 31.2 Å². The fourth-order valence-corrected chi connectivity index (χ4v) is 3.34. The molecule has 0 spiro atoms. The molecule has 2 aromatic carbocycles. The van der Waals surface area contributed by atoms with Crippen molar-refractivity contribution < 1.29 is 14.0 Å². The SMILES string of the molecule is Cc1ccccc1NC(=O)C1CCC(C(=O)Nc2ccc(F)cc2)CC1. The van der Waals surface area contributed by atoms with Gasteiger partial charge in [0.05, 0.1) is 0 Å². The predicted octanol–water partition coefficient (Wildman–Crippen LogP) is 4.52. The Morgan fingerprint density at radius 2 is 1.38 bits per heavy atom. The molecule has 2 N–H and O–H groups in total. The van der Waals surface area contributed by atoms with E-state index in [1.165, 1.54) is 12.1 Å². The summed E-state index contributed by atoms with van der Waals surface area (Å²) in [6, 6.07) is 13.4. The molecule has 0 aromatic heterocycles. The molecule has 0 heterocycles. The fraction of sp³-hybridized carbons (Fsp3) is 0.333. The Morgan fingerprint density at radius 3 is 1.96 bits per heavy atom. The lowest BCUT2D eigenvalue weighted by molar-refractivity contribution is -0.125. The summed E-state index contributed by atoms with van der Waals surface area (Å²) in [6.45, 7) is 1.96. The van der Waals surface area contributed by atoms with Crippen LogP contribution in [-0.4, -0.2) is 11.8 Å². The Labute approximate surface area is 152 Å². The van der Waals surface area contributed by atoms with Crippen LogP contribution in [0.15, 0.2) is 48.5 Å². The van der Waals surface area contributed by atoms with Crippen molar-refractivity contribution in [3.8, 4) is 0 Å². The standard InChI is InChI=1S/C21H23FN2O2/c1-14-4-2-3-5-19(14)24-21(26)16-8-6-15(7-9-16)20(25)23-18-12-10-17(22)11-13-18/h2-5,10-13,15-16H,6-9H2,1H3,(H,23,25)(H,24,26). The third kappa shape index (κ3) is 4.48. The molecule has 0 atom stereocenters. The van der Waals surface area contributed by atoms with Crippen LogP contribution in [0.2, 0.25) is 0 Å². The highest BCUT2D eigenvalue weighted by molar-refractivity contribution is 5.94. The van der Waals surface area contributed by atoms with Crippen molar-refractivity contribution in [2.24, 2.45) is 11.8 Å². The Kier molecular flexibility index (Phi) is 5.66. The van der Waals surface area contributed by atoms with Crippen molar-refractivity contribution in [3.63, 3.8) is 0 Å². The van der Waals surface area contributed by atoms with E-state index in [9.17, 15) is 14.0 Å². The zero-order chi connectivity index (χ0) is 18.5. The van der Waals surface area contributed by atoms with Crippen molar-refractivity contribution in [1.29, 1.82) is 0 Å². The van der Waals surface area contributed by atoms with Crippen LogP contribution < -0.4 is 10.6 Å². The fourth-order valence-electron chi connectivity index (χ4n) is 3.34.